The summed E-state index contributed by atoms with van der Waals surface area (Å²) in [5, 5.41) is 15.2. The van der Waals surface area contributed by atoms with Crippen molar-refractivity contribution < 1.29 is 19.2 Å². The molecule has 52 heavy (non-hydrogen) atoms. The minimum Gasteiger partial charge on any atom is -0.367 e. The van der Waals surface area contributed by atoms with Gasteiger partial charge in [-0.3, -0.25) is 19.2 Å². The van der Waals surface area contributed by atoms with Crippen LogP contribution in [-0.4, -0.2) is 69.8 Å². The molecule has 0 spiro atoms. The fraction of sp³-hybridized carbons (Fsp3) is 0.425. The van der Waals surface area contributed by atoms with Gasteiger partial charge in [0.05, 0.1) is 22.3 Å². The number of hydrogen-bond acceptors (Lipinski definition) is 7. The summed E-state index contributed by atoms with van der Waals surface area (Å²) in [5.41, 5.74) is 2.88. The van der Waals surface area contributed by atoms with E-state index in [0.717, 1.165) is 22.4 Å². The largest absolute Gasteiger partial charge is 0.367 e. The lowest BCUT2D eigenvalue weighted by atomic mass is 9.83. The van der Waals surface area contributed by atoms with Gasteiger partial charge in [0.15, 0.2) is 0 Å². The molecule has 5 N–H and O–H groups in total. The molecule has 2 aliphatic rings. The number of rotatable bonds is 13. The van der Waals surface area contributed by atoms with E-state index in [0.29, 0.717) is 29.9 Å². The standard InChI is InChI=1S/C40H50N6O4S2/c1-25(29-12-8-6-9-13-29)35(47)42-23-27-16-18-28(19-17-27)24-43-36(48)33(30-14-10-7-11-15-30)45-37(49)34-40(3,4)22-32-46(34)39(50)31(20-21-52-32)44-38(51)26(2)41-5/h6-19,25-26,31-34,41H,20-24H2,1-5H3,(H,42,47)(H,43,48)(H,44,51)(H,45,49)/t25-,26-,31-,32-,33+,34+/m0/s1. The van der Waals surface area contributed by atoms with Gasteiger partial charge in [-0.2, -0.15) is 0 Å². The number of likely N-dealkylation sites (N-methyl/N-ethyl adjacent to an activating group) is 1. The quantitative estimate of drug-likeness (QED) is 0.161. The Balaban J connectivity index is 1.24. The van der Waals surface area contributed by atoms with Crippen molar-refractivity contribution in [1.82, 2.24) is 31.5 Å². The Morgan fingerprint density at radius 3 is 2.00 bits per heavy atom. The first-order chi connectivity index (χ1) is 24.9. The van der Waals surface area contributed by atoms with Crippen LogP contribution in [0.15, 0.2) is 84.9 Å². The third-order valence-corrected chi connectivity index (χ3v) is 11.7. The molecule has 4 amide bonds. The summed E-state index contributed by atoms with van der Waals surface area (Å²) in [7, 11) is 1.82. The second kappa shape index (κ2) is 17.5. The van der Waals surface area contributed by atoms with Crippen molar-refractivity contribution in [3.05, 3.63) is 107 Å². The van der Waals surface area contributed by atoms with Crippen molar-refractivity contribution in [3.8, 4) is 0 Å². The van der Waals surface area contributed by atoms with Crippen molar-refractivity contribution in [2.24, 2.45) is 5.41 Å². The van der Waals surface area contributed by atoms with E-state index in [1.54, 1.807) is 16.7 Å². The van der Waals surface area contributed by atoms with Crippen LogP contribution in [0.5, 0.6) is 0 Å². The molecule has 2 heterocycles. The molecule has 0 aromatic heterocycles. The molecule has 0 aliphatic carbocycles. The summed E-state index contributed by atoms with van der Waals surface area (Å²) in [6.07, 6.45) is 1.25. The van der Waals surface area contributed by atoms with Crippen molar-refractivity contribution in [3.63, 3.8) is 0 Å². The highest BCUT2D eigenvalue weighted by Crippen LogP contribution is 2.46. The molecule has 0 radical (unpaired) electrons. The summed E-state index contributed by atoms with van der Waals surface area (Å²) in [6.45, 7) is 8.46. The molecular weight excluding hydrogens is 693 g/mol. The van der Waals surface area contributed by atoms with E-state index >= 15 is 0 Å². The molecule has 10 nitrogen and oxygen atoms in total. The van der Waals surface area contributed by atoms with Crippen molar-refractivity contribution in [1.29, 1.82) is 0 Å². The highest BCUT2D eigenvalue weighted by Gasteiger charge is 2.54. The fourth-order valence-electron chi connectivity index (χ4n) is 6.75. The van der Waals surface area contributed by atoms with Crippen LogP contribution >= 0.6 is 24.0 Å². The van der Waals surface area contributed by atoms with E-state index in [1.807, 2.05) is 120 Å². The van der Waals surface area contributed by atoms with Crippen LogP contribution in [0, 0.1) is 5.41 Å². The zero-order valence-electron chi connectivity index (χ0n) is 30.5. The van der Waals surface area contributed by atoms with Crippen LogP contribution in [-0.2, 0) is 32.3 Å². The van der Waals surface area contributed by atoms with Crippen LogP contribution in [0.2, 0.25) is 0 Å². The molecular formula is C40H50N6O4S2. The zero-order valence-corrected chi connectivity index (χ0v) is 32.1. The first-order valence-corrected chi connectivity index (χ1v) is 19.3. The maximum atomic E-state index is 14.3. The first kappa shape index (κ1) is 39.0. The number of nitrogens with zero attached hydrogens (tertiary/aromatic N) is 1. The predicted molar refractivity (Wildman–Crippen MR) is 210 cm³/mol. The van der Waals surface area contributed by atoms with E-state index in [1.165, 1.54) is 0 Å². The highest BCUT2D eigenvalue weighted by molar-refractivity contribution is 7.99. The third-order valence-electron chi connectivity index (χ3n) is 10.0. The van der Waals surface area contributed by atoms with E-state index in [4.69, 9.17) is 12.2 Å². The Bertz CT molecular complexity index is 1720. The number of fused-ring (bicyclic) bond motifs is 1. The van der Waals surface area contributed by atoms with Gasteiger partial charge in [0.25, 0.3) is 0 Å². The number of carbonyl (C=O) groups is 4. The van der Waals surface area contributed by atoms with Crippen molar-refractivity contribution in [2.75, 3.05) is 12.8 Å². The van der Waals surface area contributed by atoms with Gasteiger partial charge in [-0.25, -0.2) is 0 Å². The van der Waals surface area contributed by atoms with Gasteiger partial charge in [0.2, 0.25) is 23.6 Å². The average Bonchev–Trinajstić information content (AvgIpc) is 3.35. The monoisotopic (exact) mass is 742 g/mol. The lowest BCUT2D eigenvalue weighted by Crippen LogP contribution is -2.58. The van der Waals surface area contributed by atoms with Gasteiger partial charge in [-0.1, -0.05) is 111 Å². The van der Waals surface area contributed by atoms with E-state index in [9.17, 15) is 19.2 Å². The number of thioether (sulfide) groups is 1. The number of benzene rings is 3. The molecule has 0 unspecified atom stereocenters. The van der Waals surface area contributed by atoms with Gasteiger partial charge in [-0.15, -0.1) is 11.8 Å². The summed E-state index contributed by atoms with van der Waals surface area (Å²) in [4.78, 5) is 57.2. The smallest absolute Gasteiger partial charge is 0.247 e. The summed E-state index contributed by atoms with van der Waals surface area (Å²) < 4.78 is 0. The minimum absolute atomic E-state index is 0.0493. The molecule has 276 valence electrons. The average molecular weight is 743 g/mol. The van der Waals surface area contributed by atoms with Gasteiger partial charge in [0.1, 0.15) is 18.1 Å². The Morgan fingerprint density at radius 2 is 1.42 bits per heavy atom. The van der Waals surface area contributed by atoms with Crippen LogP contribution in [0.1, 0.15) is 74.8 Å². The lowest BCUT2D eigenvalue weighted by molar-refractivity contribution is -0.143. The van der Waals surface area contributed by atoms with E-state index in [-0.39, 0.29) is 47.5 Å². The normalized spacial score (nSPS) is 21.1. The number of carbonyl (C=O) groups excluding carboxylic acids is 4. The Labute approximate surface area is 316 Å². The zero-order chi connectivity index (χ0) is 37.4. The lowest BCUT2D eigenvalue weighted by Gasteiger charge is -2.35. The predicted octanol–water partition coefficient (Wildman–Crippen LogP) is 4.56. The number of amides is 4. The molecule has 6 atom stereocenters. The van der Waals surface area contributed by atoms with Gasteiger partial charge >= 0.3 is 0 Å². The first-order valence-electron chi connectivity index (χ1n) is 17.8. The van der Waals surface area contributed by atoms with Crippen LogP contribution in [0.3, 0.4) is 0 Å². The molecule has 5 rings (SSSR count). The number of thiocarbonyl (C=S) groups is 1. The molecule has 0 bridgehead atoms. The topological polar surface area (TPSA) is 132 Å². The molecule has 12 heteroatoms. The minimum atomic E-state index is -0.975. The van der Waals surface area contributed by atoms with Crippen LogP contribution in [0.25, 0.3) is 0 Å². The van der Waals surface area contributed by atoms with Crippen LogP contribution in [0.4, 0.5) is 0 Å². The molecule has 3 aromatic rings. The van der Waals surface area contributed by atoms with Gasteiger partial charge < -0.3 is 31.5 Å². The fourth-order valence-corrected chi connectivity index (χ4v) is 8.59. The molecule has 2 fully saturated rings. The maximum absolute atomic E-state index is 14.3. The summed E-state index contributed by atoms with van der Waals surface area (Å²) >= 11 is 7.25. The summed E-state index contributed by atoms with van der Waals surface area (Å²) in [5.74, 6) is -0.439. The maximum Gasteiger partial charge on any atom is 0.247 e. The Morgan fingerprint density at radius 1 is 0.865 bits per heavy atom. The molecule has 0 saturated carbocycles. The van der Waals surface area contributed by atoms with Gasteiger partial charge in [0, 0.05) is 13.1 Å². The highest BCUT2D eigenvalue weighted by atomic mass is 32.2. The summed E-state index contributed by atoms with van der Waals surface area (Å²) in [6, 6.07) is 24.1. The Kier molecular flexibility index (Phi) is 13.1. The SMILES string of the molecule is CN[C@@H](C)C(=S)N[C@H]1CCS[C@H]2CC(C)(C)[C@@H](C(=O)N[C@@H](C(=O)NCc3ccc(CNC(=O)[C@@H](C)c4ccccc4)cc3)c3ccccc3)N2C1=O. The number of hydrogen-bond donors (Lipinski definition) is 5. The molecule has 2 saturated heterocycles. The molecule has 2 aliphatic heterocycles. The second-order valence-electron chi connectivity index (χ2n) is 14.3. The van der Waals surface area contributed by atoms with Gasteiger partial charge in [-0.05, 0) is 67.2 Å². The second-order valence-corrected chi connectivity index (χ2v) is 16.0. The van der Waals surface area contributed by atoms with Crippen molar-refractivity contribution in [2.45, 2.75) is 89.1 Å². The third kappa shape index (κ3) is 9.39. The number of nitrogens with one attached hydrogen (secondary N) is 5. The van der Waals surface area contributed by atoms with Crippen molar-refractivity contribution >= 4 is 52.6 Å². The molecule has 3 aromatic carbocycles. The van der Waals surface area contributed by atoms with E-state index in [2.05, 4.69) is 26.6 Å². The Hall–Kier alpha value is -4.26. The van der Waals surface area contributed by atoms with E-state index < -0.39 is 23.5 Å². The van der Waals surface area contributed by atoms with Crippen LogP contribution < -0.4 is 26.6 Å².